The van der Waals surface area contributed by atoms with Gasteiger partial charge in [0.15, 0.2) is 0 Å². The number of nitrogens with zero attached hydrogens (tertiary/aromatic N) is 3. The number of hydrogen-bond acceptors (Lipinski definition) is 5. The summed E-state index contributed by atoms with van der Waals surface area (Å²) in [5, 5.41) is 2.24. The first-order valence-corrected chi connectivity index (χ1v) is 41.7. The van der Waals surface area contributed by atoms with Gasteiger partial charge in [0, 0.05) is 39.0 Å². The summed E-state index contributed by atoms with van der Waals surface area (Å²) in [7, 11) is 0. The number of aryl methyl sites for hydroxylation is 2. The van der Waals surface area contributed by atoms with Gasteiger partial charge < -0.3 is 4.90 Å². The van der Waals surface area contributed by atoms with Gasteiger partial charge in [0.25, 0.3) is 0 Å². The molecule has 2 aromatic heterocycles. The highest BCUT2D eigenvalue weighted by molar-refractivity contribution is 7.23. The minimum atomic E-state index is -0.0870. The van der Waals surface area contributed by atoms with Gasteiger partial charge in [-0.05, 0) is 162 Å². The van der Waals surface area contributed by atoms with Gasteiger partial charge in [-0.2, -0.15) is 0 Å². The van der Waals surface area contributed by atoms with Crippen molar-refractivity contribution in [1.29, 1.82) is 0 Å². The van der Waals surface area contributed by atoms with E-state index in [4.69, 9.17) is 9.97 Å². The molecule has 0 atom stereocenters. The molecule has 99 heavy (non-hydrogen) atoms. The number of thiazole rings is 2. The molecular weight excluding hydrogens is 1240 g/mol. The Morgan fingerprint density at radius 1 is 0.283 bits per heavy atom. The molecule has 520 valence electrons. The number of benzene rings is 8. The fourth-order valence-corrected chi connectivity index (χ4v) is 19.2. The average Bonchev–Trinajstić information content (AvgIpc) is 1.57. The van der Waals surface area contributed by atoms with E-state index in [-0.39, 0.29) is 10.8 Å². The third-order valence-corrected chi connectivity index (χ3v) is 25.0. The normalized spacial score (nSPS) is 13.4. The van der Waals surface area contributed by atoms with E-state index in [1.54, 1.807) is 16.7 Å². The van der Waals surface area contributed by atoms with Crippen LogP contribution in [0.5, 0.6) is 0 Å². The Hall–Kier alpha value is -6.66. The van der Waals surface area contributed by atoms with Gasteiger partial charge in [-0.3, -0.25) is 0 Å². The van der Waals surface area contributed by atoms with Crippen LogP contribution < -0.4 is 4.90 Å². The smallest absolute Gasteiger partial charge is 0.124 e. The molecule has 8 aromatic carbocycles. The second-order valence-electron chi connectivity index (χ2n) is 30.3. The summed E-state index contributed by atoms with van der Waals surface area (Å²) in [5.41, 5.74) is 25.4. The summed E-state index contributed by atoms with van der Waals surface area (Å²) in [4.78, 5) is 13.5. The first-order chi connectivity index (χ1) is 48.7. The van der Waals surface area contributed by atoms with Gasteiger partial charge in [0.05, 0.1) is 20.4 Å². The summed E-state index contributed by atoms with van der Waals surface area (Å²) in [6, 6.07) is 63.8. The fraction of sp³-hybridized carbons (Fsp3) is 0.468. The highest BCUT2D eigenvalue weighted by atomic mass is 32.1. The largest absolute Gasteiger partial charge is 0.311 e. The fourth-order valence-electron chi connectivity index (χ4n) is 17.2. The van der Waals surface area contributed by atoms with E-state index in [0.717, 1.165) is 32.4 Å². The highest BCUT2D eigenvalue weighted by Crippen LogP contribution is 2.58. The Morgan fingerprint density at radius 3 is 0.980 bits per heavy atom. The van der Waals surface area contributed by atoms with Crippen LogP contribution in [0, 0.1) is 13.8 Å². The summed E-state index contributed by atoms with van der Waals surface area (Å²) < 4.78 is 2.44. The molecule has 0 aliphatic heterocycles. The quantitative estimate of drug-likeness (QED) is 0.0357. The Kier molecular flexibility index (Phi) is 26.1. The maximum absolute atomic E-state index is 5.60. The van der Waals surface area contributed by atoms with Crippen LogP contribution in [0.4, 0.5) is 17.1 Å². The zero-order valence-electron chi connectivity index (χ0n) is 61.7. The zero-order chi connectivity index (χ0) is 68.2. The predicted molar refractivity (Wildman–Crippen MR) is 435 cm³/mol. The number of hydrogen-bond donors (Lipinski definition) is 0. The first-order valence-electron chi connectivity index (χ1n) is 40.0. The molecule has 0 bridgehead atoms. The van der Waals surface area contributed by atoms with Crippen molar-refractivity contribution in [2.75, 3.05) is 4.90 Å². The van der Waals surface area contributed by atoms with Crippen LogP contribution in [-0.2, 0) is 10.8 Å². The Labute approximate surface area is 606 Å². The molecule has 0 saturated carbocycles. The lowest BCUT2D eigenvalue weighted by molar-refractivity contribution is 0.397. The van der Waals surface area contributed by atoms with Crippen LogP contribution in [0.25, 0.3) is 75.0 Å². The molecule has 10 aromatic rings. The van der Waals surface area contributed by atoms with Gasteiger partial charge in [-0.25, -0.2) is 9.97 Å². The highest BCUT2D eigenvalue weighted by Gasteiger charge is 2.44. The summed E-state index contributed by atoms with van der Waals surface area (Å²) in [6.45, 7) is 13.8. The maximum atomic E-state index is 5.60. The van der Waals surface area contributed by atoms with Gasteiger partial charge >= 0.3 is 0 Å². The SMILES string of the molecule is CCCCCCCCCCC1(CCCCCCCCCC)c2cc(C)ccc2-c2ccc(-c3nc4cc5sc(-c6ccc7c(c6)C(CCCCCCCCCC)(CCCCCCCCCC)c6cc(-c8ccc(N(c9ccccc9)c9ccc(C)cc9)cc8)ccc6-7)nc5cc4s3)cc21. The van der Waals surface area contributed by atoms with Crippen molar-refractivity contribution in [2.24, 2.45) is 0 Å². The van der Waals surface area contributed by atoms with Gasteiger partial charge in [0.2, 0.25) is 0 Å². The number of aromatic nitrogens is 2. The third kappa shape index (κ3) is 17.3. The van der Waals surface area contributed by atoms with Gasteiger partial charge in [-0.15, -0.1) is 22.7 Å². The molecule has 5 heteroatoms. The molecule has 12 rings (SSSR count). The lowest BCUT2D eigenvalue weighted by Gasteiger charge is -2.33. The monoisotopic (exact) mass is 1350 g/mol. The molecule has 2 aliphatic carbocycles. The second kappa shape index (κ2) is 35.8. The van der Waals surface area contributed by atoms with Gasteiger partial charge in [-0.1, -0.05) is 341 Å². The van der Waals surface area contributed by atoms with Crippen LogP contribution >= 0.6 is 22.7 Å². The molecule has 0 N–H and O–H groups in total. The summed E-state index contributed by atoms with van der Waals surface area (Å²) in [6.07, 6.45) is 47.6. The van der Waals surface area contributed by atoms with Crippen LogP contribution in [0.2, 0.25) is 0 Å². The van der Waals surface area contributed by atoms with Crippen molar-refractivity contribution in [3.8, 4) is 54.5 Å². The Bertz CT molecular complexity index is 4060. The average molecular weight is 1350 g/mol. The number of rotatable bonds is 42. The number of anilines is 3. The molecule has 2 aliphatic rings. The van der Waals surface area contributed by atoms with E-state index in [0.29, 0.717) is 0 Å². The van der Waals surface area contributed by atoms with Crippen LogP contribution in [0.3, 0.4) is 0 Å². The van der Waals surface area contributed by atoms with Gasteiger partial charge in [0.1, 0.15) is 10.0 Å². The van der Waals surface area contributed by atoms with Crippen molar-refractivity contribution in [2.45, 2.75) is 284 Å². The Morgan fingerprint density at radius 2 is 0.586 bits per heavy atom. The number of para-hydroxylation sites is 1. The van der Waals surface area contributed by atoms with Crippen molar-refractivity contribution < 1.29 is 0 Å². The molecule has 0 fully saturated rings. The van der Waals surface area contributed by atoms with E-state index >= 15 is 0 Å². The van der Waals surface area contributed by atoms with E-state index in [9.17, 15) is 0 Å². The Balaban J connectivity index is 0.855. The van der Waals surface area contributed by atoms with Crippen LogP contribution in [0.15, 0.2) is 164 Å². The maximum Gasteiger partial charge on any atom is 0.124 e. The van der Waals surface area contributed by atoms with Crippen molar-refractivity contribution in [3.05, 3.63) is 197 Å². The van der Waals surface area contributed by atoms with Crippen molar-refractivity contribution >= 4 is 60.2 Å². The summed E-state index contributed by atoms with van der Waals surface area (Å²) >= 11 is 3.71. The van der Waals surface area contributed by atoms with Crippen LogP contribution in [0.1, 0.15) is 292 Å². The van der Waals surface area contributed by atoms with E-state index in [1.807, 2.05) is 22.7 Å². The molecular formula is C94H117N3S2. The van der Waals surface area contributed by atoms with Crippen molar-refractivity contribution in [3.63, 3.8) is 0 Å². The van der Waals surface area contributed by atoms with Crippen molar-refractivity contribution in [1.82, 2.24) is 9.97 Å². The van der Waals surface area contributed by atoms with E-state index < -0.39 is 0 Å². The molecule has 3 nitrogen and oxygen atoms in total. The third-order valence-electron chi connectivity index (χ3n) is 22.9. The second-order valence-corrected chi connectivity index (χ2v) is 32.3. The topological polar surface area (TPSA) is 29.0 Å². The van der Waals surface area contributed by atoms with E-state index in [1.165, 1.54) is 307 Å². The zero-order valence-corrected chi connectivity index (χ0v) is 63.3. The molecule has 2 heterocycles. The number of unbranched alkanes of at least 4 members (excludes halogenated alkanes) is 28. The number of fused-ring (bicyclic) bond motifs is 8. The minimum absolute atomic E-state index is 0.0306. The van der Waals surface area contributed by atoms with E-state index in [2.05, 4.69) is 210 Å². The minimum Gasteiger partial charge on any atom is -0.311 e. The lowest BCUT2D eigenvalue weighted by Crippen LogP contribution is -2.25. The predicted octanol–water partition coefficient (Wildman–Crippen LogP) is 30.6. The molecule has 0 amide bonds. The molecule has 0 radical (unpaired) electrons. The molecule has 0 unspecified atom stereocenters. The standard InChI is InChI=1S/C94H117N3S2/c1-7-11-15-19-23-27-31-38-60-93(61-39-32-28-24-20-16-12-8-2)83-64-71(6)46-56-79(83)81-58-50-74(66-85(81)93)91-95-87-68-90-88(69-89(87)98-91)96-92(99-90)75-51-59-82-80-57-49-73(72-47-54-78(55-48-72)97(76-42-36-35-37-43-76)77-52-44-70(5)45-53-77)65-84(80)94(86(82)67-75,62-40-33-29-25-21-17-13-9-3)63-41-34-30-26-22-18-14-10-4/h35-37,42-59,64-69H,7-34,38-41,60-63H2,1-6H3. The first kappa shape index (κ1) is 72.1. The molecule has 0 spiro atoms. The summed E-state index contributed by atoms with van der Waals surface area (Å²) in [5.74, 6) is 0. The van der Waals surface area contributed by atoms with Crippen LogP contribution in [-0.4, -0.2) is 9.97 Å². The molecule has 0 saturated heterocycles. The lowest BCUT2D eigenvalue weighted by atomic mass is 9.70.